The van der Waals surface area contributed by atoms with Crippen LogP contribution in [0.15, 0.2) is 47.4 Å². The van der Waals surface area contributed by atoms with Crippen molar-refractivity contribution in [3.8, 4) is 0 Å². The molecule has 2 aromatic rings. The highest BCUT2D eigenvalue weighted by molar-refractivity contribution is 7.89. The molecule has 6 nitrogen and oxygen atoms in total. The van der Waals surface area contributed by atoms with Crippen molar-refractivity contribution in [3.63, 3.8) is 0 Å². The highest BCUT2D eigenvalue weighted by Crippen LogP contribution is 2.22. The van der Waals surface area contributed by atoms with Gasteiger partial charge in [-0.15, -0.1) is 0 Å². The fourth-order valence-corrected chi connectivity index (χ4v) is 4.92. The van der Waals surface area contributed by atoms with Gasteiger partial charge in [0.1, 0.15) is 6.04 Å². The maximum absolute atomic E-state index is 12.7. The van der Waals surface area contributed by atoms with Crippen LogP contribution in [-0.4, -0.2) is 37.8 Å². The molecule has 1 heterocycles. The average Bonchev–Trinajstić information content (AvgIpc) is 2.71. The minimum Gasteiger partial charge on any atom is -0.374 e. The summed E-state index contributed by atoms with van der Waals surface area (Å²) in [4.78, 5) is 12.8. The molecule has 0 bridgehead atoms. The number of rotatable bonds is 6. The molecule has 3 rings (SSSR count). The van der Waals surface area contributed by atoms with Crippen LogP contribution in [0.1, 0.15) is 37.3 Å². The van der Waals surface area contributed by atoms with Crippen LogP contribution < -0.4 is 10.6 Å². The normalized spacial score (nSPS) is 16.2. The van der Waals surface area contributed by atoms with E-state index in [2.05, 4.69) is 10.6 Å². The van der Waals surface area contributed by atoms with Gasteiger partial charge in [0.05, 0.1) is 4.90 Å². The SMILES string of the molecule is Cc1ccc(C)c(NC(C)C(=O)Nc2ccc(S(=O)(=O)N3CCCCC3)cc2)c1. The molecular formula is C22H29N3O3S. The van der Waals surface area contributed by atoms with Crippen LogP contribution >= 0.6 is 0 Å². The molecule has 0 radical (unpaired) electrons. The van der Waals surface area contributed by atoms with E-state index in [1.54, 1.807) is 35.5 Å². The first-order chi connectivity index (χ1) is 13.8. The Kier molecular flexibility index (Phi) is 6.59. The van der Waals surface area contributed by atoms with Crippen molar-refractivity contribution in [2.24, 2.45) is 0 Å². The number of aryl methyl sites for hydroxylation is 2. The number of hydrogen-bond donors (Lipinski definition) is 2. The second-order valence-corrected chi connectivity index (χ2v) is 9.60. The third-order valence-electron chi connectivity index (χ3n) is 5.23. The molecule has 1 unspecified atom stereocenters. The number of benzene rings is 2. The molecule has 1 amide bonds. The molecule has 0 aromatic heterocycles. The molecule has 2 N–H and O–H groups in total. The number of sulfonamides is 1. The topological polar surface area (TPSA) is 78.5 Å². The first-order valence-corrected chi connectivity index (χ1v) is 11.5. The lowest BCUT2D eigenvalue weighted by Gasteiger charge is -2.25. The average molecular weight is 416 g/mol. The lowest BCUT2D eigenvalue weighted by Crippen LogP contribution is -2.35. The van der Waals surface area contributed by atoms with Crippen molar-refractivity contribution in [3.05, 3.63) is 53.6 Å². The Morgan fingerprint density at radius 3 is 2.31 bits per heavy atom. The number of anilines is 2. The summed E-state index contributed by atoms with van der Waals surface area (Å²) in [6.45, 7) is 6.94. The number of piperidine rings is 1. The van der Waals surface area contributed by atoms with Gasteiger partial charge in [0.25, 0.3) is 0 Å². The van der Waals surface area contributed by atoms with Crippen LogP contribution in [0, 0.1) is 13.8 Å². The van der Waals surface area contributed by atoms with Gasteiger partial charge in [0, 0.05) is 24.5 Å². The number of hydrogen-bond acceptors (Lipinski definition) is 4. The smallest absolute Gasteiger partial charge is 0.246 e. The summed E-state index contributed by atoms with van der Waals surface area (Å²) in [5.74, 6) is -0.183. The molecule has 1 saturated heterocycles. The summed E-state index contributed by atoms with van der Waals surface area (Å²) >= 11 is 0. The Morgan fingerprint density at radius 2 is 1.66 bits per heavy atom. The van der Waals surface area contributed by atoms with E-state index in [0.717, 1.165) is 36.1 Å². The molecule has 156 valence electrons. The van der Waals surface area contributed by atoms with Gasteiger partial charge in [-0.05, 0) is 75.1 Å². The maximum Gasteiger partial charge on any atom is 0.246 e. The summed E-state index contributed by atoms with van der Waals surface area (Å²) in [5.41, 5.74) is 3.69. The van der Waals surface area contributed by atoms with Gasteiger partial charge >= 0.3 is 0 Å². The minimum absolute atomic E-state index is 0.183. The largest absolute Gasteiger partial charge is 0.374 e. The first kappa shape index (κ1) is 21.3. The zero-order chi connectivity index (χ0) is 21.0. The van der Waals surface area contributed by atoms with Crippen molar-refractivity contribution < 1.29 is 13.2 Å². The van der Waals surface area contributed by atoms with Crippen LogP contribution in [0.5, 0.6) is 0 Å². The second kappa shape index (κ2) is 8.97. The number of carbonyl (C=O) groups is 1. The monoisotopic (exact) mass is 415 g/mol. The number of amides is 1. The van der Waals surface area contributed by atoms with Gasteiger partial charge < -0.3 is 10.6 Å². The fourth-order valence-electron chi connectivity index (χ4n) is 3.41. The summed E-state index contributed by atoms with van der Waals surface area (Å²) in [7, 11) is -3.46. The van der Waals surface area contributed by atoms with Crippen molar-refractivity contribution >= 4 is 27.3 Å². The summed E-state index contributed by atoms with van der Waals surface area (Å²) in [6, 6.07) is 12.0. The quantitative estimate of drug-likeness (QED) is 0.750. The van der Waals surface area contributed by atoms with Crippen LogP contribution in [0.25, 0.3) is 0 Å². The second-order valence-electron chi connectivity index (χ2n) is 7.66. The number of carbonyl (C=O) groups excluding carboxylic acids is 1. The van der Waals surface area contributed by atoms with Crippen LogP contribution in [0.3, 0.4) is 0 Å². The standard InChI is InChI=1S/C22H29N3O3S/c1-16-7-8-17(2)21(15-16)23-18(3)22(26)24-19-9-11-20(12-10-19)29(27,28)25-13-5-4-6-14-25/h7-12,15,18,23H,4-6,13-14H2,1-3H3,(H,24,26). The summed E-state index contributed by atoms with van der Waals surface area (Å²) in [6.07, 6.45) is 2.88. The maximum atomic E-state index is 12.7. The van der Waals surface area contributed by atoms with E-state index in [4.69, 9.17) is 0 Å². The lowest BCUT2D eigenvalue weighted by atomic mass is 10.1. The molecule has 1 aliphatic heterocycles. The van der Waals surface area contributed by atoms with Crippen molar-refractivity contribution in [2.45, 2.75) is 51.0 Å². The molecular weight excluding hydrogens is 386 g/mol. The van der Waals surface area contributed by atoms with Crippen molar-refractivity contribution in [1.82, 2.24) is 4.31 Å². The van der Waals surface area contributed by atoms with Gasteiger partial charge in [-0.1, -0.05) is 18.6 Å². The molecule has 2 aromatic carbocycles. The molecule has 1 fully saturated rings. The molecule has 0 aliphatic carbocycles. The fraction of sp³-hybridized carbons (Fsp3) is 0.409. The Bertz CT molecular complexity index is 965. The third-order valence-corrected chi connectivity index (χ3v) is 7.15. The molecule has 1 aliphatic rings. The van der Waals surface area contributed by atoms with E-state index in [0.29, 0.717) is 18.8 Å². The predicted octanol–water partition coefficient (Wildman–Crippen LogP) is 3.92. The molecule has 1 atom stereocenters. The van der Waals surface area contributed by atoms with E-state index in [-0.39, 0.29) is 10.8 Å². The summed E-state index contributed by atoms with van der Waals surface area (Å²) in [5, 5.41) is 6.08. The van der Waals surface area contributed by atoms with E-state index < -0.39 is 16.1 Å². The van der Waals surface area contributed by atoms with Gasteiger partial charge in [-0.2, -0.15) is 4.31 Å². The highest BCUT2D eigenvalue weighted by Gasteiger charge is 2.25. The van der Waals surface area contributed by atoms with Gasteiger partial charge in [-0.25, -0.2) is 8.42 Å². The van der Waals surface area contributed by atoms with E-state index >= 15 is 0 Å². The van der Waals surface area contributed by atoms with E-state index in [9.17, 15) is 13.2 Å². The molecule has 29 heavy (non-hydrogen) atoms. The Balaban J connectivity index is 1.64. The zero-order valence-electron chi connectivity index (χ0n) is 17.2. The first-order valence-electron chi connectivity index (χ1n) is 10.0. The number of nitrogens with one attached hydrogen (secondary N) is 2. The van der Waals surface area contributed by atoms with Crippen LogP contribution in [0.2, 0.25) is 0 Å². The predicted molar refractivity (Wildman–Crippen MR) is 117 cm³/mol. The van der Waals surface area contributed by atoms with E-state index in [1.807, 2.05) is 32.0 Å². The molecule has 0 saturated carbocycles. The van der Waals surface area contributed by atoms with Gasteiger partial charge in [0.2, 0.25) is 15.9 Å². The Morgan fingerprint density at radius 1 is 1.00 bits per heavy atom. The van der Waals surface area contributed by atoms with Gasteiger partial charge in [-0.3, -0.25) is 4.79 Å². The van der Waals surface area contributed by atoms with Crippen molar-refractivity contribution in [1.29, 1.82) is 0 Å². The highest BCUT2D eigenvalue weighted by atomic mass is 32.2. The molecule has 0 spiro atoms. The zero-order valence-corrected chi connectivity index (χ0v) is 18.1. The van der Waals surface area contributed by atoms with Crippen LogP contribution in [0.4, 0.5) is 11.4 Å². The third kappa shape index (κ3) is 5.16. The minimum atomic E-state index is -3.46. The molecule has 7 heteroatoms. The Labute approximate surface area is 173 Å². The van der Waals surface area contributed by atoms with Crippen molar-refractivity contribution in [2.75, 3.05) is 23.7 Å². The van der Waals surface area contributed by atoms with Crippen LogP contribution in [-0.2, 0) is 14.8 Å². The number of nitrogens with zero attached hydrogens (tertiary/aromatic N) is 1. The Hall–Kier alpha value is -2.38. The van der Waals surface area contributed by atoms with Gasteiger partial charge in [0.15, 0.2) is 0 Å². The summed E-state index contributed by atoms with van der Waals surface area (Å²) < 4.78 is 27.0. The lowest BCUT2D eigenvalue weighted by molar-refractivity contribution is -0.116. The van der Waals surface area contributed by atoms with E-state index in [1.165, 1.54) is 0 Å².